The van der Waals surface area contributed by atoms with Gasteiger partial charge in [-0.25, -0.2) is 0 Å². The molecule has 2 aliphatic rings. The molecule has 6 heteroatoms. The molecule has 1 spiro atoms. The van der Waals surface area contributed by atoms with Crippen LogP contribution in [0.2, 0.25) is 0 Å². The van der Waals surface area contributed by atoms with Gasteiger partial charge in [0.25, 0.3) is 0 Å². The Hall–Kier alpha value is -1.79. The zero-order valence-electron chi connectivity index (χ0n) is 13.7. The maximum absolute atomic E-state index is 12.6. The van der Waals surface area contributed by atoms with Crippen LogP contribution in [0.15, 0.2) is 18.2 Å². The van der Waals surface area contributed by atoms with Gasteiger partial charge in [-0.1, -0.05) is 6.07 Å². The van der Waals surface area contributed by atoms with Crippen molar-refractivity contribution in [3.05, 3.63) is 23.8 Å². The van der Waals surface area contributed by atoms with E-state index in [1.54, 1.807) is 20.3 Å². The molecule has 0 aliphatic carbocycles. The number of rotatable bonds is 4. The first-order valence-corrected chi connectivity index (χ1v) is 7.92. The fourth-order valence-corrected chi connectivity index (χ4v) is 3.16. The van der Waals surface area contributed by atoms with Crippen molar-refractivity contribution in [1.29, 1.82) is 0 Å². The molecule has 1 aromatic rings. The summed E-state index contributed by atoms with van der Waals surface area (Å²) >= 11 is 0. The lowest BCUT2D eigenvalue weighted by Gasteiger charge is -2.37. The van der Waals surface area contributed by atoms with E-state index in [4.69, 9.17) is 18.9 Å². The quantitative estimate of drug-likeness (QED) is 0.843. The maximum Gasteiger partial charge on any atom is 0.227 e. The zero-order chi connectivity index (χ0) is 16.3. The van der Waals surface area contributed by atoms with Crippen LogP contribution in [0.3, 0.4) is 0 Å². The highest BCUT2D eigenvalue weighted by Gasteiger charge is 2.40. The summed E-state index contributed by atoms with van der Waals surface area (Å²) in [6.07, 6.45) is 1.79. The minimum absolute atomic E-state index is 0.0984. The molecule has 23 heavy (non-hydrogen) atoms. The van der Waals surface area contributed by atoms with Crippen molar-refractivity contribution < 1.29 is 23.7 Å². The van der Waals surface area contributed by atoms with Crippen molar-refractivity contribution in [3.8, 4) is 11.5 Å². The summed E-state index contributed by atoms with van der Waals surface area (Å²) in [5.41, 5.74) is 0.868. The molecule has 0 N–H and O–H groups in total. The Morgan fingerprint density at radius 1 is 1.17 bits per heavy atom. The highest BCUT2D eigenvalue weighted by atomic mass is 16.7. The van der Waals surface area contributed by atoms with E-state index in [9.17, 15) is 4.79 Å². The van der Waals surface area contributed by atoms with Gasteiger partial charge in [-0.3, -0.25) is 4.79 Å². The van der Waals surface area contributed by atoms with Gasteiger partial charge in [0.15, 0.2) is 5.79 Å². The fraction of sp³-hybridized carbons (Fsp3) is 0.588. The molecule has 2 fully saturated rings. The molecule has 0 unspecified atom stereocenters. The lowest BCUT2D eigenvalue weighted by atomic mass is 10.0. The van der Waals surface area contributed by atoms with Crippen LogP contribution in [0.1, 0.15) is 18.4 Å². The SMILES string of the molecule is COc1ccc(CC(=O)N2CCC3(CC2)OCCO3)c(OC)c1. The molecule has 126 valence electrons. The third kappa shape index (κ3) is 3.43. The fourth-order valence-electron chi connectivity index (χ4n) is 3.16. The third-order valence-electron chi connectivity index (χ3n) is 4.53. The van der Waals surface area contributed by atoms with Crippen LogP contribution in [0.5, 0.6) is 11.5 Å². The summed E-state index contributed by atoms with van der Waals surface area (Å²) in [5, 5.41) is 0. The number of hydrogen-bond acceptors (Lipinski definition) is 5. The third-order valence-corrected chi connectivity index (χ3v) is 4.53. The second kappa shape index (κ2) is 6.76. The molecule has 6 nitrogen and oxygen atoms in total. The highest BCUT2D eigenvalue weighted by molar-refractivity contribution is 5.79. The lowest BCUT2D eigenvalue weighted by molar-refractivity contribution is -0.187. The van der Waals surface area contributed by atoms with E-state index in [2.05, 4.69) is 0 Å². The van der Waals surface area contributed by atoms with E-state index in [0.717, 1.165) is 18.4 Å². The Morgan fingerprint density at radius 2 is 1.87 bits per heavy atom. The van der Waals surface area contributed by atoms with Crippen molar-refractivity contribution in [2.45, 2.75) is 25.0 Å². The number of methoxy groups -OCH3 is 2. The van der Waals surface area contributed by atoms with Crippen molar-refractivity contribution in [1.82, 2.24) is 4.90 Å². The van der Waals surface area contributed by atoms with Crippen LogP contribution in [-0.2, 0) is 20.7 Å². The standard InChI is InChI=1S/C17H23NO5/c1-20-14-4-3-13(15(12-14)21-2)11-16(19)18-7-5-17(6-8-18)22-9-10-23-17/h3-4,12H,5-11H2,1-2H3. The van der Waals surface area contributed by atoms with Crippen molar-refractivity contribution in [2.75, 3.05) is 40.5 Å². The first-order valence-electron chi connectivity index (χ1n) is 7.92. The van der Waals surface area contributed by atoms with E-state index >= 15 is 0 Å². The minimum Gasteiger partial charge on any atom is -0.497 e. The largest absolute Gasteiger partial charge is 0.497 e. The van der Waals surface area contributed by atoms with Gasteiger partial charge in [-0.05, 0) is 6.07 Å². The number of nitrogens with zero attached hydrogens (tertiary/aromatic N) is 1. The molecule has 2 saturated heterocycles. The van der Waals surface area contributed by atoms with Gasteiger partial charge in [0.2, 0.25) is 5.91 Å². The minimum atomic E-state index is -0.450. The van der Waals surface area contributed by atoms with Crippen LogP contribution in [0.4, 0.5) is 0 Å². The number of amides is 1. The van der Waals surface area contributed by atoms with Gasteiger partial charge >= 0.3 is 0 Å². The van der Waals surface area contributed by atoms with Crippen LogP contribution < -0.4 is 9.47 Å². The molecule has 0 radical (unpaired) electrons. The Bertz CT molecular complexity index is 558. The van der Waals surface area contributed by atoms with Crippen LogP contribution in [-0.4, -0.2) is 57.1 Å². The average molecular weight is 321 g/mol. The van der Waals surface area contributed by atoms with E-state index in [1.165, 1.54) is 0 Å². The number of benzene rings is 1. The molecule has 0 aromatic heterocycles. The molecular formula is C17H23NO5. The van der Waals surface area contributed by atoms with E-state index in [0.29, 0.717) is 44.2 Å². The average Bonchev–Trinajstić information content (AvgIpc) is 3.03. The van der Waals surface area contributed by atoms with Gasteiger partial charge in [-0.15, -0.1) is 0 Å². The van der Waals surface area contributed by atoms with E-state index in [-0.39, 0.29) is 5.91 Å². The monoisotopic (exact) mass is 321 g/mol. The first-order chi connectivity index (χ1) is 11.2. The van der Waals surface area contributed by atoms with E-state index < -0.39 is 5.79 Å². The number of piperidine rings is 1. The van der Waals surface area contributed by atoms with Gasteiger partial charge in [0.1, 0.15) is 11.5 Å². The number of ether oxygens (including phenoxy) is 4. The summed E-state index contributed by atoms with van der Waals surface area (Å²) in [5.74, 6) is 1.04. The van der Waals surface area contributed by atoms with Gasteiger partial charge in [-0.2, -0.15) is 0 Å². The van der Waals surface area contributed by atoms with Crippen molar-refractivity contribution in [2.24, 2.45) is 0 Å². The van der Waals surface area contributed by atoms with Crippen LogP contribution in [0, 0.1) is 0 Å². The maximum atomic E-state index is 12.6. The summed E-state index contributed by atoms with van der Waals surface area (Å²) in [6, 6.07) is 5.52. The summed E-state index contributed by atoms with van der Waals surface area (Å²) in [4.78, 5) is 14.4. The van der Waals surface area contributed by atoms with Crippen molar-refractivity contribution in [3.63, 3.8) is 0 Å². The van der Waals surface area contributed by atoms with Crippen LogP contribution >= 0.6 is 0 Å². The number of carbonyl (C=O) groups excluding carboxylic acids is 1. The molecule has 0 bridgehead atoms. The van der Waals surface area contributed by atoms with E-state index in [1.807, 2.05) is 17.0 Å². The Morgan fingerprint density at radius 3 is 2.48 bits per heavy atom. The Labute approximate surface area is 136 Å². The predicted octanol–water partition coefficient (Wildman–Crippen LogP) is 1.61. The molecule has 3 rings (SSSR count). The molecule has 0 saturated carbocycles. The second-order valence-electron chi connectivity index (χ2n) is 5.84. The highest BCUT2D eigenvalue weighted by Crippen LogP contribution is 2.32. The molecular weight excluding hydrogens is 298 g/mol. The van der Waals surface area contributed by atoms with Gasteiger partial charge in [0.05, 0.1) is 33.9 Å². The summed E-state index contributed by atoms with van der Waals surface area (Å²) in [6.45, 7) is 2.63. The number of carbonyl (C=O) groups is 1. The summed E-state index contributed by atoms with van der Waals surface area (Å²) in [7, 11) is 3.21. The topological polar surface area (TPSA) is 57.2 Å². The number of hydrogen-bond donors (Lipinski definition) is 0. The van der Waals surface area contributed by atoms with Gasteiger partial charge in [0, 0.05) is 37.6 Å². The Balaban J connectivity index is 1.61. The molecule has 1 amide bonds. The first kappa shape index (κ1) is 16.1. The molecule has 2 heterocycles. The number of likely N-dealkylation sites (tertiary alicyclic amines) is 1. The summed E-state index contributed by atoms with van der Waals surface area (Å²) < 4.78 is 21.9. The predicted molar refractivity (Wildman–Crippen MR) is 83.7 cm³/mol. The smallest absolute Gasteiger partial charge is 0.227 e. The molecule has 1 aromatic carbocycles. The lowest BCUT2D eigenvalue weighted by Crippen LogP contribution is -2.47. The molecule has 2 aliphatic heterocycles. The van der Waals surface area contributed by atoms with Crippen molar-refractivity contribution >= 4 is 5.91 Å². The van der Waals surface area contributed by atoms with Gasteiger partial charge < -0.3 is 23.8 Å². The second-order valence-corrected chi connectivity index (χ2v) is 5.84. The Kier molecular flexibility index (Phi) is 4.73. The van der Waals surface area contributed by atoms with Crippen LogP contribution in [0.25, 0.3) is 0 Å². The normalized spacial score (nSPS) is 19.8. The zero-order valence-corrected chi connectivity index (χ0v) is 13.7. The molecule has 0 atom stereocenters.